The lowest BCUT2D eigenvalue weighted by Crippen LogP contribution is -2.48. The molecule has 2 aliphatic rings. The van der Waals surface area contributed by atoms with Crippen LogP contribution in [-0.2, 0) is 0 Å². The maximum absolute atomic E-state index is 4.82. The fourth-order valence-corrected chi connectivity index (χ4v) is 3.16. The van der Waals surface area contributed by atoms with Crippen molar-refractivity contribution in [2.24, 2.45) is 16.8 Å². The van der Waals surface area contributed by atoms with Crippen molar-refractivity contribution >= 4 is 5.96 Å². The Labute approximate surface area is 118 Å². The zero-order chi connectivity index (χ0) is 13.7. The van der Waals surface area contributed by atoms with E-state index in [1.165, 1.54) is 25.9 Å². The number of piperidine rings is 1. The van der Waals surface area contributed by atoms with E-state index in [4.69, 9.17) is 4.99 Å². The number of guanidine groups is 1. The van der Waals surface area contributed by atoms with Crippen molar-refractivity contribution in [2.75, 3.05) is 45.8 Å². The zero-order valence-corrected chi connectivity index (χ0v) is 12.9. The fraction of sp³-hybridized carbons (Fsp3) is 0.933. The third kappa shape index (κ3) is 4.37. The number of nitrogens with one attached hydrogen (secondary N) is 1. The van der Waals surface area contributed by atoms with Gasteiger partial charge in [0.2, 0.25) is 0 Å². The quantitative estimate of drug-likeness (QED) is 0.620. The number of nitrogens with zero attached hydrogens (tertiary/aromatic N) is 3. The Balaban J connectivity index is 1.87. The van der Waals surface area contributed by atoms with Crippen LogP contribution in [0.1, 0.15) is 33.6 Å². The summed E-state index contributed by atoms with van der Waals surface area (Å²) in [6.45, 7) is 14.7. The van der Waals surface area contributed by atoms with E-state index >= 15 is 0 Å². The Morgan fingerprint density at radius 2 is 1.89 bits per heavy atom. The van der Waals surface area contributed by atoms with Crippen molar-refractivity contribution in [1.82, 2.24) is 15.1 Å². The van der Waals surface area contributed by atoms with Crippen molar-refractivity contribution in [3.8, 4) is 0 Å². The Morgan fingerprint density at radius 1 is 1.21 bits per heavy atom. The second-order valence-electron chi connectivity index (χ2n) is 6.28. The number of hydrogen-bond donors (Lipinski definition) is 1. The molecule has 2 fully saturated rings. The molecule has 0 aromatic heterocycles. The first-order valence-corrected chi connectivity index (χ1v) is 7.94. The van der Waals surface area contributed by atoms with Crippen LogP contribution in [0, 0.1) is 11.8 Å². The van der Waals surface area contributed by atoms with E-state index in [0.717, 1.165) is 50.5 Å². The topological polar surface area (TPSA) is 30.9 Å². The molecule has 2 heterocycles. The number of aliphatic imine (C=N–C) groups is 1. The molecule has 0 aromatic carbocycles. The molecule has 4 heteroatoms. The second kappa shape index (κ2) is 7.13. The average molecular weight is 266 g/mol. The van der Waals surface area contributed by atoms with Gasteiger partial charge in [-0.05, 0) is 44.7 Å². The predicted octanol–water partition coefficient (Wildman–Crippen LogP) is 1.64. The highest BCUT2D eigenvalue weighted by Crippen LogP contribution is 2.20. The first-order chi connectivity index (χ1) is 9.19. The minimum Gasteiger partial charge on any atom is -0.357 e. The molecule has 0 radical (unpaired) electrons. The predicted molar refractivity (Wildman–Crippen MR) is 81.6 cm³/mol. The van der Waals surface area contributed by atoms with Crippen molar-refractivity contribution in [3.05, 3.63) is 0 Å². The van der Waals surface area contributed by atoms with Crippen LogP contribution in [-0.4, -0.2) is 61.6 Å². The number of hydrogen-bond acceptors (Lipinski definition) is 2. The highest BCUT2D eigenvalue weighted by atomic mass is 15.3. The molecule has 2 rings (SSSR count). The SMILES string of the molecule is CCNC(=NCCN1CCC1)N1CC(C)CC(C)C1. The van der Waals surface area contributed by atoms with Gasteiger partial charge in [0, 0.05) is 26.2 Å². The van der Waals surface area contributed by atoms with Gasteiger partial charge < -0.3 is 15.1 Å². The largest absolute Gasteiger partial charge is 0.357 e. The molecule has 0 saturated carbocycles. The summed E-state index contributed by atoms with van der Waals surface area (Å²) < 4.78 is 0. The van der Waals surface area contributed by atoms with Crippen molar-refractivity contribution in [3.63, 3.8) is 0 Å². The summed E-state index contributed by atoms with van der Waals surface area (Å²) in [7, 11) is 0. The summed E-state index contributed by atoms with van der Waals surface area (Å²) in [6.07, 6.45) is 2.72. The van der Waals surface area contributed by atoms with E-state index in [-0.39, 0.29) is 0 Å². The van der Waals surface area contributed by atoms with Gasteiger partial charge in [-0.3, -0.25) is 4.99 Å². The minimum atomic E-state index is 0.781. The highest BCUT2D eigenvalue weighted by molar-refractivity contribution is 5.80. The second-order valence-corrected chi connectivity index (χ2v) is 6.28. The van der Waals surface area contributed by atoms with Crippen LogP contribution in [0.15, 0.2) is 4.99 Å². The highest BCUT2D eigenvalue weighted by Gasteiger charge is 2.24. The van der Waals surface area contributed by atoms with Gasteiger partial charge in [0.1, 0.15) is 0 Å². The molecule has 110 valence electrons. The van der Waals surface area contributed by atoms with Gasteiger partial charge >= 0.3 is 0 Å². The molecule has 2 saturated heterocycles. The third-order valence-electron chi connectivity index (χ3n) is 4.13. The van der Waals surface area contributed by atoms with Crippen LogP contribution in [0.5, 0.6) is 0 Å². The molecule has 0 aromatic rings. The summed E-state index contributed by atoms with van der Waals surface area (Å²) in [5, 5.41) is 3.46. The normalized spacial score (nSPS) is 29.2. The lowest BCUT2D eigenvalue weighted by atomic mass is 9.92. The van der Waals surface area contributed by atoms with Crippen LogP contribution in [0.4, 0.5) is 0 Å². The van der Waals surface area contributed by atoms with E-state index < -0.39 is 0 Å². The summed E-state index contributed by atoms with van der Waals surface area (Å²) in [6, 6.07) is 0. The van der Waals surface area contributed by atoms with Gasteiger partial charge in [-0.2, -0.15) is 0 Å². The van der Waals surface area contributed by atoms with Crippen molar-refractivity contribution in [2.45, 2.75) is 33.6 Å². The Kier molecular flexibility index (Phi) is 5.49. The van der Waals surface area contributed by atoms with Gasteiger partial charge in [0.05, 0.1) is 6.54 Å². The third-order valence-corrected chi connectivity index (χ3v) is 4.13. The summed E-state index contributed by atoms with van der Waals surface area (Å²) in [4.78, 5) is 9.76. The summed E-state index contributed by atoms with van der Waals surface area (Å²) in [5.41, 5.74) is 0. The van der Waals surface area contributed by atoms with E-state index in [1.807, 2.05) is 0 Å². The molecule has 19 heavy (non-hydrogen) atoms. The molecule has 2 aliphatic heterocycles. The number of rotatable bonds is 4. The van der Waals surface area contributed by atoms with E-state index in [0.29, 0.717) is 0 Å². The lowest BCUT2D eigenvalue weighted by molar-refractivity contribution is 0.186. The molecular weight excluding hydrogens is 236 g/mol. The van der Waals surface area contributed by atoms with Gasteiger partial charge in [-0.15, -0.1) is 0 Å². The Bertz CT molecular complexity index is 289. The summed E-state index contributed by atoms with van der Waals surface area (Å²) >= 11 is 0. The van der Waals surface area contributed by atoms with Gasteiger partial charge in [0.25, 0.3) is 0 Å². The molecule has 2 atom stereocenters. The van der Waals surface area contributed by atoms with Crippen LogP contribution in [0.25, 0.3) is 0 Å². The maximum atomic E-state index is 4.82. The standard InChI is InChI=1S/C15H30N4/c1-4-16-15(17-6-9-18-7-5-8-18)19-11-13(2)10-14(3)12-19/h13-14H,4-12H2,1-3H3,(H,16,17). The monoisotopic (exact) mass is 266 g/mol. The molecular formula is C15H30N4. The van der Waals surface area contributed by atoms with E-state index in [9.17, 15) is 0 Å². The molecule has 0 aliphatic carbocycles. The smallest absolute Gasteiger partial charge is 0.193 e. The number of likely N-dealkylation sites (tertiary alicyclic amines) is 2. The van der Waals surface area contributed by atoms with Gasteiger partial charge in [-0.25, -0.2) is 0 Å². The zero-order valence-electron chi connectivity index (χ0n) is 12.9. The summed E-state index contributed by atoms with van der Waals surface area (Å²) in [5.74, 6) is 2.69. The minimum absolute atomic E-state index is 0.781. The Hall–Kier alpha value is -0.770. The molecule has 2 unspecified atom stereocenters. The first-order valence-electron chi connectivity index (χ1n) is 7.94. The molecule has 0 amide bonds. The van der Waals surface area contributed by atoms with Crippen LogP contribution in [0.3, 0.4) is 0 Å². The molecule has 0 spiro atoms. The van der Waals surface area contributed by atoms with Crippen LogP contribution >= 0.6 is 0 Å². The van der Waals surface area contributed by atoms with E-state index in [2.05, 4.69) is 35.9 Å². The molecule has 0 bridgehead atoms. The molecule has 4 nitrogen and oxygen atoms in total. The van der Waals surface area contributed by atoms with Gasteiger partial charge in [-0.1, -0.05) is 13.8 Å². The van der Waals surface area contributed by atoms with Crippen LogP contribution < -0.4 is 5.32 Å². The Morgan fingerprint density at radius 3 is 2.42 bits per heavy atom. The fourth-order valence-electron chi connectivity index (χ4n) is 3.16. The molecule has 1 N–H and O–H groups in total. The van der Waals surface area contributed by atoms with Gasteiger partial charge in [0.15, 0.2) is 5.96 Å². The van der Waals surface area contributed by atoms with E-state index in [1.54, 1.807) is 0 Å². The first kappa shape index (κ1) is 14.6. The average Bonchev–Trinajstić information content (AvgIpc) is 2.29. The van der Waals surface area contributed by atoms with Crippen molar-refractivity contribution in [1.29, 1.82) is 0 Å². The maximum Gasteiger partial charge on any atom is 0.193 e. The lowest BCUT2D eigenvalue weighted by Gasteiger charge is -2.37. The van der Waals surface area contributed by atoms with Crippen molar-refractivity contribution < 1.29 is 0 Å². The van der Waals surface area contributed by atoms with Crippen LogP contribution in [0.2, 0.25) is 0 Å².